The van der Waals surface area contributed by atoms with Gasteiger partial charge in [-0.05, 0) is 31.0 Å². The van der Waals surface area contributed by atoms with Crippen molar-refractivity contribution in [2.24, 2.45) is 5.92 Å². The van der Waals surface area contributed by atoms with Crippen LogP contribution in [0.15, 0.2) is 24.3 Å². The van der Waals surface area contributed by atoms with Crippen LogP contribution in [-0.4, -0.2) is 37.1 Å². The van der Waals surface area contributed by atoms with Gasteiger partial charge in [0.05, 0.1) is 5.92 Å². The predicted octanol–water partition coefficient (Wildman–Crippen LogP) is 2.13. The van der Waals surface area contributed by atoms with Gasteiger partial charge < -0.3 is 15.3 Å². The third-order valence-corrected chi connectivity index (χ3v) is 4.02. The molecule has 1 aliphatic carbocycles. The molecule has 0 bridgehead atoms. The van der Waals surface area contributed by atoms with Crippen molar-refractivity contribution in [3.8, 4) is 0 Å². The second-order valence-corrected chi connectivity index (χ2v) is 5.75. The number of anilines is 1. The van der Waals surface area contributed by atoms with Gasteiger partial charge in [0.15, 0.2) is 0 Å². The molecule has 21 heavy (non-hydrogen) atoms. The largest absolute Gasteiger partial charge is 0.481 e. The van der Waals surface area contributed by atoms with E-state index in [0.717, 1.165) is 24.9 Å². The molecular weight excluding hydrogens is 268 g/mol. The smallest absolute Gasteiger partial charge is 0.308 e. The number of carbonyl (C=O) groups excluding carboxylic acids is 1. The minimum atomic E-state index is -0.818. The number of carboxylic acid groups (broad SMARTS) is 1. The molecule has 0 aromatic heterocycles. The van der Waals surface area contributed by atoms with Crippen LogP contribution in [0.2, 0.25) is 0 Å². The van der Waals surface area contributed by atoms with Crippen LogP contribution >= 0.6 is 0 Å². The molecule has 0 heterocycles. The monoisotopic (exact) mass is 290 g/mol. The highest BCUT2D eigenvalue weighted by atomic mass is 16.4. The number of hydrogen-bond acceptors (Lipinski definition) is 3. The van der Waals surface area contributed by atoms with Crippen LogP contribution in [0, 0.1) is 5.92 Å². The molecule has 0 saturated heterocycles. The van der Waals surface area contributed by atoms with Crippen molar-refractivity contribution in [1.82, 2.24) is 5.32 Å². The van der Waals surface area contributed by atoms with Gasteiger partial charge in [0.2, 0.25) is 0 Å². The van der Waals surface area contributed by atoms with Gasteiger partial charge in [-0.1, -0.05) is 18.9 Å². The Morgan fingerprint density at radius 3 is 2.62 bits per heavy atom. The zero-order chi connectivity index (χ0) is 15.4. The lowest BCUT2D eigenvalue weighted by atomic mass is 9.84. The van der Waals surface area contributed by atoms with Gasteiger partial charge >= 0.3 is 5.97 Å². The van der Waals surface area contributed by atoms with E-state index in [-0.39, 0.29) is 11.9 Å². The highest BCUT2D eigenvalue weighted by molar-refractivity contribution is 5.95. The van der Waals surface area contributed by atoms with Crippen molar-refractivity contribution >= 4 is 17.6 Å². The SMILES string of the molecule is CN(C)c1cccc(C(=O)NC2CCCCC2C(=O)O)c1. The molecule has 0 aliphatic heterocycles. The molecule has 1 amide bonds. The van der Waals surface area contributed by atoms with Crippen molar-refractivity contribution in [2.45, 2.75) is 31.7 Å². The molecular formula is C16H22N2O3. The molecule has 1 saturated carbocycles. The topological polar surface area (TPSA) is 69.6 Å². The van der Waals surface area contributed by atoms with E-state index in [9.17, 15) is 14.7 Å². The fourth-order valence-corrected chi connectivity index (χ4v) is 2.78. The molecule has 1 aromatic rings. The number of nitrogens with one attached hydrogen (secondary N) is 1. The van der Waals surface area contributed by atoms with Gasteiger partial charge in [-0.25, -0.2) is 0 Å². The first-order valence-electron chi connectivity index (χ1n) is 7.30. The predicted molar refractivity (Wildman–Crippen MR) is 81.6 cm³/mol. The van der Waals surface area contributed by atoms with Crippen LogP contribution in [0.1, 0.15) is 36.0 Å². The Morgan fingerprint density at radius 2 is 1.95 bits per heavy atom. The Hall–Kier alpha value is -2.04. The second-order valence-electron chi connectivity index (χ2n) is 5.75. The quantitative estimate of drug-likeness (QED) is 0.891. The third kappa shape index (κ3) is 3.74. The van der Waals surface area contributed by atoms with E-state index in [0.29, 0.717) is 12.0 Å². The fourth-order valence-electron chi connectivity index (χ4n) is 2.78. The van der Waals surface area contributed by atoms with E-state index < -0.39 is 11.9 Å². The molecule has 2 atom stereocenters. The van der Waals surface area contributed by atoms with Crippen LogP contribution < -0.4 is 10.2 Å². The summed E-state index contributed by atoms with van der Waals surface area (Å²) >= 11 is 0. The summed E-state index contributed by atoms with van der Waals surface area (Å²) < 4.78 is 0. The number of rotatable bonds is 4. The summed E-state index contributed by atoms with van der Waals surface area (Å²) in [6.07, 6.45) is 3.25. The minimum absolute atomic E-state index is 0.197. The molecule has 1 fully saturated rings. The molecule has 0 spiro atoms. The third-order valence-electron chi connectivity index (χ3n) is 4.02. The van der Waals surface area contributed by atoms with Crippen LogP contribution in [0.25, 0.3) is 0 Å². The first kappa shape index (κ1) is 15.4. The molecule has 0 radical (unpaired) electrons. The Kier molecular flexibility index (Phi) is 4.83. The lowest BCUT2D eigenvalue weighted by Crippen LogP contribution is -2.45. The molecule has 1 aliphatic rings. The van der Waals surface area contributed by atoms with Gasteiger partial charge in [-0.3, -0.25) is 9.59 Å². The van der Waals surface area contributed by atoms with E-state index in [4.69, 9.17) is 0 Å². The average molecular weight is 290 g/mol. The number of hydrogen-bond donors (Lipinski definition) is 2. The van der Waals surface area contributed by atoms with Gasteiger partial charge in [0, 0.05) is 31.4 Å². The Balaban J connectivity index is 2.09. The summed E-state index contributed by atoms with van der Waals surface area (Å²) in [5.74, 6) is -1.49. The van der Waals surface area contributed by atoms with E-state index in [1.54, 1.807) is 6.07 Å². The van der Waals surface area contributed by atoms with E-state index in [1.807, 2.05) is 37.2 Å². The average Bonchev–Trinajstić information content (AvgIpc) is 2.47. The lowest BCUT2D eigenvalue weighted by molar-refractivity contribution is -0.143. The summed E-state index contributed by atoms with van der Waals surface area (Å²) in [5.41, 5.74) is 1.51. The Morgan fingerprint density at radius 1 is 1.24 bits per heavy atom. The first-order valence-corrected chi connectivity index (χ1v) is 7.30. The van der Waals surface area contributed by atoms with Crippen molar-refractivity contribution < 1.29 is 14.7 Å². The van der Waals surface area contributed by atoms with Gasteiger partial charge in [-0.2, -0.15) is 0 Å². The van der Waals surface area contributed by atoms with Crippen molar-refractivity contribution in [2.75, 3.05) is 19.0 Å². The molecule has 114 valence electrons. The number of amides is 1. The fraction of sp³-hybridized carbons (Fsp3) is 0.500. The molecule has 2 unspecified atom stereocenters. The van der Waals surface area contributed by atoms with Gasteiger partial charge in [0.25, 0.3) is 5.91 Å². The van der Waals surface area contributed by atoms with E-state index in [2.05, 4.69) is 5.32 Å². The van der Waals surface area contributed by atoms with Crippen LogP contribution in [0.5, 0.6) is 0 Å². The van der Waals surface area contributed by atoms with Crippen molar-refractivity contribution in [3.05, 3.63) is 29.8 Å². The summed E-state index contributed by atoms with van der Waals surface area (Å²) in [4.78, 5) is 25.5. The maximum atomic E-state index is 12.3. The van der Waals surface area contributed by atoms with E-state index >= 15 is 0 Å². The molecule has 2 rings (SSSR count). The summed E-state index contributed by atoms with van der Waals surface area (Å²) in [5, 5.41) is 12.1. The van der Waals surface area contributed by atoms with E-state index in [1.165, 1.54) is 0 Å². The maximum absolute atomic E-state index is 12.3. The van der Waals surface area contributed by atoms with Crippen LogP contribution in [0.3, 0.4) is 0 Å². The van der Waals surface area contributed by atoms with Crippen LogP contribution in [-0.2, 0) is 4.79 Å². The van der Waals surface area contributed by atoms with Crippen molar-refractivity contribution in [1.29, 1.82) is 0 Å². The summed E-state index contributed by atoms with van der Waals surface area (Å²) in [6, 6.07) is 7.05. The highest BCUT2D eigenvalue weighted by Gasteiger charge is 2.31. The molecule has 5 nitrogen and oxygen atoms in total. The number of benzene rings is 1. The zero-order valence-electron chi connectivity index (χ0n) is 12.5. The minimum Gasteiger partial charge on any atom is -0.481 e. The van der Waals surface area contributed by atoms with Gasteiger partial charge in [0.1, 0.15) is 0 Å². The van der Waals surface area contributed by atoms with Gasteiger partial charge in [-0.15, -0.1) is 0 Å². The van der Waals surface area contributed by atoms with Crippen molar-refractivity contribution in [3.63, 3.8) is 0 Å². The number of carboxylic acids is 1. The molecule has 2 N–H and O–H groups in total. The molecule has 1 aromatic carbocycles. The summed E-state index contributed by atoms with van der Waals surface area (Å²) in [6.45, 7) is 0. The normalized spacial score (nSPS) is 21.6. The summed E-state index contributed by atoms with van der Waals surface area (Å²) in [7, 11) is 3.83. The molecule has 5 heteroatoms. The first-order chi connectivity index (χ1) is 9.99. The Labute approximate surface area is 125 Å². The second kappa shape index (κ2) is 6.61. The number of aliphatic carboxylic acids is 1. The highest BCUT2D eigenvalue weighted by Crippen LogP contribution is 2.25. The van der Waals surface area contributed by atoms with Crippen LogP contribution in [0.4, 0.5) is 5.69 Å². The zero-order valence-corrected chi connectivity index (χ0v) is 12.5. The number of carbonyl (C=O) groups is 2. The lowest BCUT2D eigenvalue weighted by Gasteiger charge is -2.29. The number of nitrogens with zero attached hydrogens (tertiary/aromatic N) is 1. The standard InChI is InChI=1S/C16H22N2O3/c1-18(2)12-7-5-6-11(10-12)15(19)17-14-9-4-3-8-13(14)16(20)21/h5-7,10,13-14H,3-4,8-9H2,1-2H3,(H,17,19)(H,20,21). The Bertz CT molecular complexity index is 528. The maximum Gasteiger partial charge on any atom is 0.308 e.